The van der Waals surface area contributed by atoms with Crippen molar-refractivity contribution in [2.24, 2.45) is 5.92 Å². The molecule has 12 nitrogen and oxygen atoms in total. The molecule has 2 fully saturated rings. The van der Waals surface area contributed by atoms with Crippen LogP contribution >= 0.6 is 0 Å². The molecule has 2 atom stereocenters. The molecule has 4 aromatic carbocycles. The molecular weight excluding hydrogens is 777 g/mol. The number of rotatable bonds is 13. The van der Waals surface area contributed by atoms with E-state index in [0.717, 1.165) is 66.9 Å². The van der Waals surface area contributed by atoms with Crippen molar-refractivity contribution in [2.45, 2.75) is 68.7 Å². The van der Waals surface area contributed by atoms with Gasteiger partial charge in [-0.15, -0.1) is 0 Å². The first kappa shape index (κ1) is 39.0. The van der Waals surface area contributed by atoms with Gasteiger partial charge in [0.15, 0.2) is 0 Å². The van der Waals surface area contributed by atoms with Crippen LogP contribution in [0.25, 0.3) is 22.2 Å². The first-order chi connectivity index (χ1) is 29.1. The molecule has 1 aliphatic heterocycles. The molecule has 3 aliphatic rings. The summed E-state index contributed by atoms with van der Waals surface area (Å²) in [4.78, 5) is 34.9. The maximum absolute atomic E-state index is 13.9. The number of hydrogen-bond donors (Lipinski definition) is 3. The third-order valence-electron chi connectivity index (χ3n) is 12.0. The first-order valence-electron chi connectivity index (χ1n) is 20.6. The van der Waals surface area contributed by atoms with Gasteiger partial charge in [-0.1, -0.05) is 54.1 Å². The number of nitro groups is 1. The van der Waals surface area contributed by atoms with Crippen LogP contribution in [0.4, 0.5) is 17.1 Å². The lowest BCUT2D eigenvalue weighted by Crippen LogP contribution is -2.31. The molecular formula is C47H46N6O6S. The first-order valence-corrected chi connectivity index (χ1v) is 22.0. The van der Waals surface area contributed by atoms with E-state index in [9.17, 15) is 23.3 Å². The van der Waals surface area contributed by atoms with Crippen molar-refractivity contribution in [3.05, 3.63) is 148 Å². The van der Waals surface area contributed by atoms with Gasteiger partial charge in [0.05, 0.1) is 27.6 Å². The fraction of sp³-hybridized carbons (Fsp3) is 0.277. The molecule has 306 valence electrons. The number of nitrogens with zero attached hydrogens (tertiary/aromatic N) is 3. The number of aromatic nitrogens is 2. The number of nitro benzene ring substituents is 1. The highest BCUT2D eigenvalue weighted by molar-refractivity contribution is 7.90. The Labute approximate surface area is 348 Å². The highest BCUT2D eigenvalue weighted by Gasteiger charge is 2.33. The van der Waals surface area contributed by atoms with Crippen molar-refractivity contribution in [3.63, 3.8) is 0 Å². The molecule has 9 rings (SSSR count). The number of allylic oxidation sites excluding steroid dienone is 2. The predicted molar refractivity (Wildman–Crippen MR) is 233 cm³/mol. The average Bonchev–Trinajstić information content (AvgIpc) is 3.79. The van der Waals surface area contributed by atoms with Crippen LogP contribution in [0.15, 0.2) is 126 Å². The second-order valence-electron chi connectivity index (χ2n) is 16.1. The van der Waals surface area contributed by atoms with Gasteiger partial charge in [0.2, 0.25) is 0 Å². The van der Waals surface area contributed by atoms with Gasteiger partial charge in [-0.3, -0.25) is 14.9 Å². The van der Waals surface area contributed by atoms with E-state index in [2.05, 4.69) is 74.3 Å². The molecule has 1 unspecified atom stereocenters. The number of hydrogen-bond acceptors (Lipinski definition) is 9. The van der Waals surface area contributed by atoms with E-state index in [4.69, 9.17) is 4.74 Å². The number of pyridine rings is 1. The van der Waals surface area contributed by atoms with E-state index < -0.39 is 31.4 Å². The fourth-order valence-corrected chi connectivity index (χ4v) is 9.56. The molecule has 60 heavy (non-hydrogen) atoms. The SMILES string of the molecule is CC1=CCC(CNc2ccc(S(=O)(=O)NC(=O)c3ccc(-c4ccc(N5CCC[C@@H]5c5ccccc5C5CC5)cc4)cc3Oc3cnc4[nH]ccc4c3)cc2[N+](=O)[O-])CC1. The topological polar surface area (TPSA) is 160 Å². The second kappa shape index (κ2) is 16.3. The number of sulfonamides is 1. The van der Waals surface area contributed by atoms with E-state index in [1.165, 1.54) is 53.9 Å². The molecule has 1 saturated heterocycles. The molecule has 1 amide bonds. The maximum Gasteiger partial charge on any atom is 0.293 e. The summed E-state index contributed by atoms with van der Waals surface area (Å²) in [5.41, 5.74) is 7.43. The van der Waals surface area contributed by atoms with Crippen molar-refractivity contribution in [1.29, 1.82) is 0 Å². The molecule has 0 radical (unpaired) electrons. The number of fused-ring (bicyclic) bond motifs is 1. The Morgan fingerprint density at radius 1 is 0.950 bits per heavy atom. The summed E-state index contributed by atoms with van der Waals surface area (Å²) in [6.07, 6.45) is 13.0. The van der Waals surface area contributed by atoms with E-state index in [1.807, 2.05) is 18.2 Å². The van der Waals surface area contributed by atoms with Gasteiger partial charge >= 0.3 is 0 Å². The van der Waals surface area contributed by atoms with Gasteiger partial charge in [0.1, 0.15) is 22.8 Å². The molecule has 0 spiro atoms. The normalized spacial score (nSPS) is 17.9. The van der Waals surface area contributed by atoms with Crippen LogP contribution < -0.4 is 19.7 Å². The zero-order valence-electron chi connectivity index (χ0n) is 33.3. The van der Waals surface area contributed by atoms with E-state index in [-0.39, 0.29) is 17.0 Å². The van der Waals surface area contributed by atoms with Gasteiger partial charge in [0.25, 0.3) is 21.6 Å². The van der Waals surface area contributed by atoms with Gasteiger partial charge in [-0.25, -0.2) is 18.1 Å². The minimum absolute atomic E-state index is 0.0492. The van der Waals surface area contributed by atoms with Crippen LogP contribution in [0.2, 0.25) is 0 Å². The second-order valence-corrected chi connectivity index (χ2v) is 17.8. The number of aromatic amines is 1. The van der Waals surface area contributed by atoms with Crippen molar-refractivity contribution < 1.29 is 22.9 Å². The average molecular weight is 823 g/mol. The smallest absolute Gasteiger partial charge is 0.293 e. The summed E-state index contributed by atoms with van der Waals surface area (Å²) >= 11 is 0. The number of H-pyrrole nitrogens is 1. The largest absolute Gasteiger partial charge is 0.455 e. The van der Waals surface area contributed by atoms with Gasteiger partial charge in [-0.2, -0.15) is 0 Å². The fourth-order valence-electron chi connectivity index (χ4n) is 8.58. The molecule has 3 N–H and O–H groups in total. The maximum atomic E-state index is 13.9. The monoisotopic (exact) mass is 822 g/mol. The molecule has 13 heteroatoms. The molecule has 6 aromatic rings. The zero-order chi connectivity index (χ0) is 41.4. The molecule has 0 bridgehead atoms. The predicted octanol–water partition coefficient (Wildman–Crippen LogP) is 10.4. The Bertz CT molecular complexity index is 2740. The summed E-state index contributed by atoms with van der Waals surface area (Å²) in [5.74, 6) is 0.468. The highest BCUT2D eigenvalue weighted by Crippen LogP contribution is 2.46. The number of nitrogens with one attached hydrogen (secondary N) is 3. The van der Waals surface area contributed by atoms with Crippen molar-refractivity contribution >= 4 is 44.0 Å². The summed E-state index contributed by atoms with van der Waals surface area (Å²) in [5, 5.41) is 16.0. The Kier molecular flexibility index (Phi) is 10.6. The van der Waals surface area contributed by atoms with E-state index >= 15 is 0 Å². The minimum atomic E-state index is -4.55. The molecule has 1 saturated carbocycles. The van der Waals surface area contributed by atoms with Gasteiger partial charge in [0, 0.05) is 36.4 Å². The van der Waals surface area contributed by atoms with Gasteiger partial charge < -0.3 is 19.9 Å². The van der Waals surface area contributed by atoms with Crippen LogP contribution in [0.5, 0.6) is 11.5 Å². The highest BCUT2D eigenvalue weighted by atomic mass is 32.2. The lowest BCUT2D eigenvalue weighted by Gasteiger charge is -2.29. The third kappa shape index (κ3) is 8.22. The van der Waals surface area contributed by atoms with E-state index in [1.54, 1.807) is 24.4 Å². The Morgan fingerprint density at radius 3 is 2.52 bits per heavy atom. The number of anilines is 2. The van der Waals surface area contributed by atoms with Crippen molar-refractivity contribution in [1.82, 2.24) is 14.7 Å². The van der Waals surface area contributed by atoms with Gasteiger partial charge in [-0.05, 0) is 134 Å². The lowest BCUT2D eigenvalue weighted by atomic mass is 9.90. The molecule has 2 aliphatic carbocycles. The number of amides is 1. The number of benzene rings is 4. The molecule has 2 aromatic heterocycles. The van der Waals surface area contributed by atoms with Crippen LogP contribution in [0, 0.1) is 16.0 Å². The van der Waals surface area contributed by atoms with Crippen molar-refractivity contribution in [2.75, 3.05) is 23.3 Å². The van der Waals surface area contributed by atoms with Crippen LogP contribution in [0.1, 0.15) is 85.3 Å². The summed E-state index contributed by atoms with van der Waals surface area (Å²) in [6, 6.07) is 29.7. The number of carbonyl (C=O) groups excluding carboxylic acids is 1. The number of ether oxygens (including phenoxy) is 1. The summed E-state index contributed by atoms with van der Waals surface area (Å²) in [6.45, 7) is 3.58. The van der Waals surface area contributed by atoms with Crippen molar-refractivity contribution in [3.8, 4) is 22.6 Å². The quantitative estimate of drug-likeness (QED) is 0.0585. The zero-order valence-corrected chi connectivity index (χ0v) is 34.1. The third-order valence-corrected chi connectivity index (χ3v) is 13.3. The minimum Gasteiger partial charge on any atom is -0.455 e. The van der Waals surface area contributed by atoms with E-state index in [0.29, 0.717) is 35.8 Å². The lowest BCUT2D eigenvalue weighted by molar-refractivity contribution is -0.384. The summed E-state index contributed by atoms with van der Waals surface area (Å²) in [7, 11) is -4.55. The Balaban J connectivity index is 0.975. The van der Waals surface area contributed by atoms with Crippen LogP contribution in [0.3, 0.4) is 0 Å². The molecule has 3 heterocycles. The van der Waals surface area contributed by atoms with Crippen LogP contribution in [-0.4, -0.2) is 42.3 Å². The number of carbonyl (C=O) groups is 1. The Morgan fingerprint density at radius 2 is 1.75 bits per heavy atom. The standard InChI is InChI=1S/C47H46N6O6S/c1-30-8-10-31(11-9-30)28-49-42-21-19-38(27-44(42)53(55)56)60(57,58)51-47(54)41-20-16-34(26-45(41)59-37-25-35-22-23-48-46(35)50-29-37)32-14-17-36(18-15-32)52-24-4-7-43(52)40-6-3-2-5-39(40)33-12-13-33/h2-3,5-6,8,14-23,25-27,29,31,33,43,49H,4,7,9-13,24,28H2,1H3,(H,48,50)(H,51,54)/t31?,43-/m1/s1. The Hall–Kier alpha value is -6.47. The summed E-state index contributed by atoms with van der Waals surface area (Å²) < 4.78 is 35.8. The van der Waals surface area contributed by atoms with Crippen LogP contribution in [-0.2, 0) is 10.0 Å².